The van der Waals surface area contributed by atoms with Crippen LogP contribution in [0.1, 0.15) is 13.8 Å². The van der Waals surface area contributed by atoms with Gasteiger partial charge in [-0.3, -0.25) is 9.59 Å². The molecule has 0 aromatic carbocycles. The van der Waals surface area contributed by atoms with Gasteiger partial charge in [-0.1, -0.05) is 0 Å². The lowest BCUT2D eigenvalue weighted by Gasteiger charge is -2.43. The smallest absolute Gasteiger partial charge is 0.323 e. The molecule has 8 nitrogen and oxygen atoms in total. The SMILES string of the molecule is CC1(C)COCCN1C(=O)N(CC(N)=O)CC(=O)O. The third-order valence-electron chi connectivity index (χ3n) is 2.82. The van der Waals surface area contributed by atoms with Gasteiger partial charge in [0.05, 0.1) is 18.8 Å². The first-order chi connectivity index (χ1) is 8.74. The second-order valence-corrected chi connectivity index (χ2v) is 5.02. The Balaban J connectivity index is 2.84. The number of nitrogens with two attached hydrogens (primary N) is 1. The number of primary amides is 1. The summed E-state index contributed by atoms with van der Waals surface area (Å²) in [5.41, 5.74) is 4.48. The lowest BCUT2D eigenvalue weighted by atomic mass is 10.0. The molecule has 0 unspecified atom stereocenters. The first kappa shape index (κ1) is 15.2. The Labute approximate surface area is 111 Å². The fourth-order valence-electron chi connectivity index (χ4n) is 1.93. The number of carbonyl (C=O) groups is 3. The number of rotatable bonds is 4. The molecule has 0 aromatic rings. The fraction of sp³-hybridized carbons (Fsp3) is 0.727. The van der Waals surface area contributed by atoms with Crippen LogP contribution in [0.3, 0.4) is 0 Å². The maximum absolute atomic E-state index is 12.3. The minimum Gasteiger partial charge on any atom is -0.480 e. The number of carbonyl (C=O) groups excluding carboxylic acids is 2. The van der Waals surface area contributed by atoms with Gasteiger partial charge in [-0.15, -0.1) is 0 Å². The summed E-state index contributed by atoms with van der Waals surface area (Å²) in [6.45, 7) is 3.73. The third kappa shape index (κ3) is 4.09. The normalized spacial score (nSPS) is 17.9. The molecule has 108 valence electrons. The van der Waals surface area contributed by atoms with E-state index in [2.05, 4.69) is 0 Å². The maximum Gasteiger partial charge on any atom is 0.323 e. The molecule has 8 heteroatoms. The molecule has 0 bridgehead atoms. The monoisotopic (exact) mass is 273 g/mol. The molecular formula is C11H19N3O5. The number of ether oxygens (including phenoxy) is 1. The van der Waals surface area contributed by atoms with Crippen LogP contribution in [0.2, 0.25) is 0 Å². The van der Waals surface area contributed by atoms with E-state index >= 15 is 0 Å². The number of carboxylic acids is 1. The fourth-order valence-corrected chi connectivity index (χ4v) is 1.93. The Hall–Kier alpha value is -1.83. The van der Waals surface area contributed by atoms with Crippen LogP contribution in [0.25, 0.3) is 0 Å². The summed E-state index contributed by atoms with van der Waals surface area (Å²) >= 11 is 0. The van der Waals surface area contributed by atoms with E-state index in [0.717, 1.165) is 4.90 Å². The number of morpholine rings is 1. The first-order valence-corrected chi connectivity index (χ1v) is 5.88. The summed E-state index contributed by atoms with van der Waals surface area (Å²) in [6, 6.07) is -0.519. The Kier molecular flexibility index (Phi) is 4.71. The van der Waals surface area contributed by atoms with Crippen LogP contribution in [0.15, 0.2) is 0 Å². The molecule has 1 heterocycles. The van der Waals surface area contributed by atoms with E-state index in [1.54, 1.807) is 0 Å². The predicted molar refractivity (Wildman–Crippen MR) is 65.4 cm³/mol. The quantitative estimate of drug-likeness (QED) is 0.688. The highest BCUT2D eigenvalue weighted by Gasteiger charge is 2.37. The summed E-state index contributed by atoms with van der Waals surface area (Å²) in [5.74, 6) is -1.94. The second kappa shape index (κ2) is 5.87. The minimum atomic E-state index is -1.19. The zero-order valence-electron chi connectivity index (χ0n) is 11.1. The molecule has 0 aliphatic carbocycles. The number of carboxylic acid groups (broad SMARTS) is 1. The lowest BCUT2D eigenvalue weighted by molar-refractivity contribution is -0.138. The molecule has 0 saturated carbocycles. The highest BCUT2D eigenvalue weighted by Crippen LogP contribution is 2.20. The van der Waals surface area contributed by atoms with E-state index in [1.165, 1.54) is 4.90 Å². The van der Waals surface area contributed by atoms with Gasteiger partial charge in [-0.25, -0.2) is 4.79 Å². The van der Waals surface area contributed by atoms with Crippen LogP contribution in [-0.4, -0.2) is 71.2 Å². The molecule has 3 amide bonds. The highest BCUT2D eigenvalue weighted by molar-refractivity contribution is 5.86. The number of urea groups is 1. The Morgan fingerprint density at radius 1 is 1.37 bits per heavy atom. The van der Waals surface area contributed by atoms with Gasteiger partial charge in [0.2, 0.25) is 5.91 Å². The van der Waals surface area contributed by atoms with E-state index < -0.39 is 36.5 Å². The molecule has 1 rings (SSSR count). The zero-order valence-corrected chi connectivity index (χ0v) is 11.1. The molecule has 0 spiro atoms. The zero-order chi connectivity index (χ0) is 14.6. The number of hydrogen-bond acceptors (Lipinski definition) is 4. The van der Waals surface area contributed by atoms with E-state index in [-0.39, 0.29) is 0 Å². The molecule has 0 radical (unpaired) electrons. The van der Waals surface area contributed by atoms with Crippen molar-refractivity contribution in [3.05, 3.63) is 0 Å². The standard InChI is InChI=1S/C11H19N3O5/c1-11(2)7-19-4-3-14(11)10(18)13(5-8(12)15)6-9(16)17/h3-7H2,1-2H3,(H2,12,15)(H,16,17). The van der Waals surface area contributed by atoms with E-state index in [9.17, 15) is 14.4 Å². The van der Waals surface area contributed by atoms with Gasteiger partial charge >= 0.3 is 12.0 Å². The van der Waals surface area contributed by atoms with Gasteiger partial charge in [-0.05, 0) is 13.8 Å². The molecule has 19 heavy (non-hydrogen) atoms. The van der Waals surface area contributed by atoms with Crippen molar-refractivity contribution < 1.29 is 24.2 Å². The minimum absolute atomic E-state index is 0.348. The maximum atomic E-state index is 12.3. The molecule has 0 atom stereocenters. The molecule has 1 aliphatic rings. The van der Waals surface area contributed by atoms with Crippen LogP contribution in [0.5, 0.6) is 0 Å². The van der Waals surface area contributed by atoms with Crippen LogP contribution < -0.4 is 5.73 Å². The van der Waals surface area contributed by atoms with Crippen LogP contribution in [0, 0.1) is 0 Å². The Bertz CT molecular complexity index is 367. The Morgan fingerprint density at radius 3 is 2.47 bits per heavy atom. The largest absolute Gasteiger partial charge is 0.480 e. The number of nitrogens with zero attached hydrogens (tertiary/aromatic N) is 2. The highest BCUT2D eigenvalue weighted by atomic mass is 16.5. The molecule has 1 fully saturated rings. The van der Waals surface area contributed by atoms with Crippen molar-refractivity contribution in [3.63, 3.8) is 0 Å². The number of aliphatic carboxylic acids is 1. The number of hydrogen-bond donors (Lipinski definition) is 2. The van der Waals surface area contributed by atoms with Gasteiger partial charge in [0.1, 0.15) is 13.1 Å². The van der Waals surface area contributed by atoms with Gasteiger partial charge in [-0.2, -0.15) is 0 Å². The predicted octanol–water partition coefficient (Wildman–Crippen LogP) is -0.911. The number of amides is 3. The summed E-state index contributed by atoms with van der Waals surface area (Å²) in [4.78, 5) is 36.4. The third-order valence-corrected chi connectivity index (χ3v) is 2.82. The summed E-state index contributed by atoms with van der Waals surface area (Å²) in [6.07, 6.45) is 0. The average molecular weight is 273 g/mol. The molecule has 3 N–H and O–H groups in total. The molecule has 1 saturated heterocycles. The van der Waals surface area contributed by atoms with E-state index in [0.29, 0.717) is 19.8 Å². The molecular weight excluding hydrogens is 254 g/mol. The van der Waals surface area contributed by atoms with E-state index in [4.69, 9.17) is 15.6 Å². The Morgan fingerprint density at radius 2 is 2.00 bits per heavy atom. The van der Waals surface area contributed by atoms with Crippen molar-refractivity contribution in [3.8, 4) is 0 Å². The van der Waals surface area contributed by atoms with Crippen molar-refractivity contribution >= 4 is 17.9 Å². The van der Waals surface area contributed by atoms with Crippen molar-refractivity contribution in [2.24, 2.45) is 5.73 Å². The second-order valence-electron chi connectivity index (χ2n) is 5.02. The van der Waals surface area contributed by atoms with Gasteiger partial charge in [0.15, 0.2) is 0 Å². The lowest BCUT2D eigenvalue weighted by Crippen LogP contribution is -2.60. The van der Waals surface area contributed by atoms with Crippen LogP contribution in [-0.2, 0) is 14.3 Å². The molecule has 0 aromatic heterocycles. The van der Waals surface area contributed by atoms with Gasteiger partial charge in [0, 0.05) is 6.54 Å². The summed E-state index contributed by atoms with van der Waals surface area (Å²) in [5, 5.41) is 8.78. The van der Waals surface area contributed by atoms with Crippen molar-refractivity contribution in [2.45, 2.75) is 19.4 Å². The topological polar surface area (TPSA) is 113 Å². The van der Waals surface area contributed by atoms with Gasteiger partial charge in [0.25, 0.3) is 0 Å². The summed E-state index contributed by atoms with van der Waals surface area (Å²) in [7, 11) is 0. The molecule has 1 aliphatic heterocycles. The van der Waals surface area contributed by atoms with Crippen LogP contribution in [0.4, 0.5) is 4.79 Å². The summed E-state index contributed by atoms with van der Waals surface area (Å²) < 4.78 is 5.29. The average Bonchev–Trinajstić information content (AvgIpc) is 2.25. The van der Waals surface area contributed by atoms with Crippen molar-refractivity contribution in [2.75, 3.05) is 32.8 Å². The van der Waals surface area contributed by atoms with Gasteiger partial charge < -0.3 is 25.4 Å². The van der Waals surface area contributed by atoms with E-state index in [1.807, 2.05) is 13.8 Å². The van der Waals surface area contributed by atoms with Crippen LogP contribution >= 0.6 is 0 Å². The first-order valence-electron chi connectivity index (χ1n) is 5.88. The van der Waals surface area contributed by atoms with Crippen molar-refractivity contribution in [1.29, 1.82) is 0 Å². The van der Waals surface area contributed by atoms with Crippen molar-refractivity contribution in [1.82, 2.24) is 9.80 Å².